The van der Waals surface area contributed by atoms with Crippen molar-refractivity contribution in [2.45, 2.75) is 6.42 Å². The van der Waals surface area contributed by atoms with Crippen LogP contribution in [0.4, 0.5) is 5.95 Å². The summed E-state index contributed by atoms with van der Waals surface area (Å²) in [6, 6.07) is 7.82. The van der Waals surface area contributed by atoms with Gasteiger partial charge in [0.15, 0.2) is 0 Å². The van der Waals surface area contributed by atoms with E-state index in [9.17, 15) is 0 Å². The van der Waals surface area contributed by atoms with Gasteiger partial charge in [0.2, 0.25) is 5.95 Å². The van der Waals surface area contributed by atoms with E-state index in [0.717, 1.165) is 49.8 Å². The second-order valence-electron chi connectivity index (χ2n) is 6.70. The number of nitrogens with zero attached hydrogens (tertiary/aromatic N) is 5. The lowest BCUT2D eigenvalue weighted by atomic mass is 10.1. The van der Waals surface area contributed by atoms with E-state index in [1.165, 1.54) is 6.42 Å². The van der Waals surface area contributed by atoms with Crippen molar-refractivity contribution in [2.75, 3.05) is 59.0 Å². The molecule has 2 aromatic rings. The van der Waals surface area contributed by atoms with Crippen LogP contribution >= 0.6 is 0 Å². The van der Waals surface area contributed by atoms with Crippen molar-refractivity contribution >= 4 is 5.95 Å². The molecule has 1 aliphatic heterocycles. The van der Waals surface area contributed by atoms with Gasteiger partial charge in [-0.25, -0.2) is 4.98 Å². The third kappa shape index (κ3) is 4.68. The predicted molar refractivity (Wildman–Crippen MR) is 102 cm³/mol. The minimum atomic E-state index is 0.616. The monoisotopic (exact) mass is 357 g/mol. The summed E-state index contributed by atoms with van der Waals surface area (Å²) >= 11 is 0. The first kappa shape index (κ1) is 18.5. The average Bonchev–Trinajstić information content (AvgIpc) is 3.13. The fourth-order valence-corrected chi connectivity index (χ4v) is 3.31. The second-order valence-corrected chi connectivity index (χ2v) is 6.70. The molecule has 1 unspecified atom stereocenters. The van der Waals surface area contributed by atoms with Crippen LogP contribution in [0.1, 0.15) is 6.42 Å². The number of methoxy groups -OCH3 is 2. The van der Waals surface area contributed by atoms with E-state index in [1.54, 1.807) is 20.4 Å². The van der Waals surface area contributed by atoms with Gasteiger partial charge in [0, 0.05) is 39.4 Å². The number of ether oxygens (including phenoxy) is 2. The van der Waals surface area contributed by atoms with Crippen molar-refractivity contribution in [3.8, 4) is 17.0 Å². The van der Waals surface area contributed by atoms with E-state index in [2.05, 4.69) is 25.0 Å². The van der Waals surface area contributed by atoms with Crippen LogP contribution in [0.3, 0.4) is 0 Å². The van der Waals surface area contributed by atoms with Crippen molar-refractivity contribution in [1.29, 1.82) is 0 Å². The van der Waals surface area contributed by atoms with Gasteiger partial charge < -0.3 is 19.3 Å². The summed E-state index contributed by atoms with van der Waals surface area (Å²) in [5.74, 6) is 2.10. The van der Waals surface area contributed by atoms with E-state index in [0.29, 0.717) is 11.9 Å². The molecule has 0 spiro atoms. The molecule has 1 aromatic heterocycles. The number of rotatable bonds is 8. The Balaban J connectivity index is 1.62. The van der Waals surface area contributed by atoms with Gasteiger partial charge >= 0.3 is 0 Å². The van der Waals surface area contributed by atoms with Crippen molar-refractivity contribution < 1.29 is 9.47 Å². The minimum absolute atomic E-state index is 0.616. The van der Waals surface area contributed by atoms with Crippen LogP contribution in [0.15, 0.2) is 30.5 Å². The Kier molecular flexibility index (Phi) is 6.35. The molecule has 1 aromatic carbocycles. The summed E-state index contributed by atoms with van der Waals surface area (Å²) in [6.07, 6.45) is 2.89. The molecule has 3 rings (SSSR count). The summed E-state index contributed by atoms with van der Waals surface area (Å²) in [5, 5.41) is 8.36. The summed E-state index contributed by atoms with van der Waals surface area (Å²) < 4.78 is 10.4. The van der Waals surface area contributed by atoms with Crippen LogP contribution < -0.4 is 9.64 Å². The Hall–Kier alpha value is -2.25. The number of hydrogen-bond donors (Lipinski definition) is 0. The lowest BCUT2D eigenvalue weighted by Gasteiger charge is -2.21. The molecule has 1 atom stereocenters. The molecular formula is C19H27N5O2. The normalized spacial score (nSPS) is 17.4. The van der Waals surface area contributed by atoms with Gasteiger partial charge in [-0.05, 0) is 43.1 Å². The maximum Gasteiger partial charge on any atom is 0.245 e. The van der Waals surface area contributed by atoms with E-state index in [-0.39, 0.29) is 0 Å². The third-order valence-electron chi connectivity index (χ3n) is 4.79. The van der Waals surface area contributed by atoms with Gasteiger partial charge in [-0.15, -0.1) is 5.10 Å². The quantitative estimate of drug-likeness (QED) is 0.715. The standard InChI is InChI=1S/C19H27N5O2/c1-23(13-15-8-9-24(14-15)10-11-25-2)19-21-18(12-20-22-19)16-4-6-17(26-3)7-5-16/h4-7,12,15H,8-11,13-14H2,1-3H3. The highest BCUT2D eigenvalue weighted by Gasteiger charge is 2.24. The molecule has 0 radical (unpaired) electrons. The second kappa shape index (κ2) is 8.91. The summed E-state index contributed by atoms with van der Waals surface area (Å²) in [4.78, 5) is 9.24. The first-order valence-electron chi connectivity index (χ1n) is 8.96. The maximum absolute atomic E-state index is 5.21. The average molecular weight is 357 g/mol. The Morgan fingerprint density at radius 1 is 1.23 bits per heavy atom. The van der Waals surface area contributed by atoms with Crippen LogP contribution in [0.2, 0.25) is 0 Å². The zero-order valence-corrected chi connectivity index (χ0v) is 15.8. The molecule has 26 heavy (non-hydrogen) atoms. The Morgan fingerprint density at radius 2 is 2.04 bits per heavy atom. The van der Waals surface area contributed by atoms with Gasteiger partial charge in [0.1, 0.15) is 5.75 Å². The topological polar surface area (TPSA) is 63.6 Å². The highest BCUT2D eigenvalue weighted by Crippen LogP contribution is 2.22. The third-order valence-corrected chi connectivity index (χ3v) is 4.79. The molecular weight excluding hydrogens is 330 g/mol. The Bertz CT molecular complexity index is 695. The molecule has 7 nitrogen and oxygen atoms in total. The van der Waals surface area contributed by atoms with Crippen LogP contribution in [-0.2, 0) is 4.74 Å². The Morgan fingerprint density at radius 3 is 2.77 bits per heavy atom. The minimum Gasteiger partial charge on any atom is -0.497 e. The summed E-state index contributed by atoms with van der Waals surface area (Å²) in [7, 11) is 5.45. The van der Waals surface area contributed by atoms with Gasteiger partial charge in [0.05, 0.1) is 25.6 Å². The fraction of sp³-hybridized carbons (Fsp3) is 0.526. The summed E-state index contributed by atoms with van der Waals surface area (Å²) in [5.41, 5.74) is 1.82. The van der Waals surface area contributed by atoms with Crippen LogP contribution in [0.25, 0.3) is 11.3 Å². The van der Waals surface area contributed by atoms with Crippen molar-refractivity contribution in [3.05, 3.63) is 30.5 Å². The number of likely N-dealkylation sites (tertiary alicyclic amines) is 1. The number of anilines is 1. The van der Waals surface area contributed by atoms with Crippen LogP contribution in [0.5, 0.6) is 5.75 Å². The van der Waals surface area contributed by atoms with Gasteiger partial charge in [-0.2, -0.15) is 5.10 Å². The SMILES string of the molecule is COCCN1CCC(CN(C)c2nncc(-c3ccc(OC)cc3)n2)C1. The molecule has 1 fully saturated rings. The van der Waals surface area contributed by atoms with Crippen molar-refractivity contribution in [1.82, 2.24) is 20.1 Å². The lowest BCUT2D eigenvalue weighted by Crippen LogP contribution is -2.30. The molecule has 0 bridgehead atoms. The van der Waals surface area contributed by atoms with E-state index in [4.69, 9.17) is 9.47 Å². The van der Waals surface area contributed by atoms with Crippen LogP contribution in [0, 0.1) is 5.92 Å². The lowest BCUT2D eigenvalue weighted by molar-refractivity contribution is 0.159. The van der Waals surface area contributed by atoms with Crippen molar-refractivity contribution in [3.63, 3.8) is 0 Å². The molecule has 140 valence electrons. The first-order chi connectivity index (χ1) is 12.7. The smallest absolute Gasteiger partial charge is 0.245 e. The molecule has 1 aliphatic rings. The maximum atomic E-state index is 5.21. The Labute approximate surface area is 155 Å². The van der Waals surface area contributed by atoms with Gasteiger partial charge in [0.25, 0.3) is 0 Å². The highest BCUT2D eigenvalue weighted by molar-refractivity contribution is 5.60. The predicted octanol–water partition coefficient (Wildman–Crippen LogP) is 1.95. The number of benzene rings is 1. The van der Waals surface area contributed by atoms with Crippen LogP contribution in [-0.4, -0.2) is 74.1 Å². The largest absolute Gasteiger partial charge is 0.497 e. The van der Waals surface area contributed by atoms with E-state index >= 15 is 0 Å². The molecule has 2 heterocycles. The highest BCUT2D eigenvalue weighted by atomic mass is 16.5. The molecule has 0 N–H and O–H groups in total. The fourth-order valence-electron chi connectivity index (χ4n) is 3.31. The van der Waals surface area contributed by atoms with Gasteiger partial charge in [-0.3, -0.25) is 0 Å². The molecule has 0 amide bonds. The van der Waals surface area contributed by atoms with Crippen molar-refractivity contribution in [2.24, 2.45) is 5.92 Å². The number of hydrogen-bond acceptors (Lipinski definition) is 7. The summed E-state index contributed by atoms with van der Waals surface area (Å²) in [6.45, 7) is 4.95. The zero-order chi connectivity index (χ0) is 18.4. The van der Waals surface area contributed by atoms with E-state index in [1.807, 2.05) is 31.3 Å². The zero-order valence-electron chi connectivity index (χ0n) is 15.8. The first-order valence-corrected chi connectivity index (χ1v) is 8.96. The van der Waals surface area contributed by atoms with Gasteiger partial charge in [-0.1, -0.05) is 0 Å². The number of aromatic nitrogens is 3. The molecule has 1 saturated heterocycles. The molecule has 7 heteroatoms. The molecule has 0 aliphatic carbocycles. The van der Waals surface area contributed by atoms with E-state index < -0.39 is 0 Å². The molecule has 0 saturated carbocycles.